The molecule has 89 heavy (non-hydrogen) atoms. The van der Waals surface area contributed by atoms with E-state index >= 15 is 0 Å². The van der Waals surface area contributed by atoms with Crippen molar-refractivity contribution in [3.8, 4) is 0 Å². The van der Waals surface area contributed by atoms with Crippen LogP contribution in [0.25, 0.3) is 0 Å². The summed E-state index contributed by atoms with van der Waals surface area (Å²) in [6.07, 6.45) is -32.6. The second-order valence-electron chi connectivity index (χ2n) is 28.0. The highest BCUT2D eigenvalue weighted by Crippen LogP contribution is 2.76. The first-order valence-corrected chi connectivity index (χ1v) is 30.9. The fourth-order valence-electron chi connectivity index (χ4n) is 17.5. The number of ether oxygens (including phenoxy) is 11. The first kappa shape index (κ1) is 69.9. The molecular weight excluding hydrogens is 1180 g/mol. The van der Waals surface area contributed by atoms with E-state index in [0.717, 1.165) is 5.57 Å². The van der Waals surface area contributed by atoms with E-state index < -0.39 is 230 Å². The molecule has 4 saturated heterocycles. The van der Waals surface area contributed by atoms with Gasteiger partial charge in [-0.25, -0.2) is 9.59 Å². The Morgan fingerprint density at radius 3 is 1.83 bits per heavy atom. The number of hydrogen-bond donors (Lipinski definition) is 13. The van der Waals surface area contributed by atoms with Crippen molar-refractivity contribution >= 4 is 23.9 Å². The van der Waals surface area contributed by atoms with Crippen LogP contribution in [-0.4, -0.2) is 258 Å². The van der Waals surface area contributed by atoms with Gasteiger partial charge in [-0.1, -0.05) is 59.3 Å². The molecule has 4 heterocycles. The van der Waals surface area contributed by atoms with Crippen molar-refractivity contribution in [2.45, 2.75) is 249 Å². The number of fused-ring (bicyclic) bond motifs is 7. The smallest absolute Gasteiger partial charge is 0.335 e. The van der Waals surface area contributed by atoms with Gasteiger partial charge in [-0.15, -0.1) is 0 Å². The van der Waals surface area contributed by atoms with E-state index in [1.165, 1.54) is 13.8 Å². The van der Waals surface area contributed by atoms with Gasteiger partial charge in [-0.3, -0.25) is 9.59 Å². The molecule has 28 heteroatoms. The molecule has 0 unspecified atom stereocenters. The molecule has 8 fully saturated rings. The van der Waals surface area contributed by atoms with Gasteiger partial charge in [-0.05, 0) is 92.8 Å². The molecule has 0 aromatic heterocycles. The van der Waals surface area contributed by atoms with Gasteiger partial charge in [-0.2, -0.15) is 0 Å². The average molecular weight is 1280 g/mol. The summed E-state index contributed by atoms with van der Waals surface area (Å²) >= 11 is 0. The van der Waals surface area contributed by atoms with E-state index in [4.69, 9.17) is 52.1 Å². The standard InChI is InChI=1S/C61H94O28/c1-11-25(2)51(78)89-48-49(82-27(4)66)61(24-64)29(18-56(48,5)6)28-12-13-34-57(7)16-15-35(58(8,23-63)33(57)14-17-59(34,9)60(28,10)19-36(61)81-26(3)65)84-55-47(88-53-42(74)40(72)39(71)32(20-62)83-53)44(43(75)45(86-55)50(76)77)85-54-46(38(70)31(68)22-80-54)87-52-41(73)37(69)30(67)21-79-52/h11-12,29-49,52-55,62-64,67-75H,13-24H2,1-10H3,(H,76,77)/b25-11-/t29-,30+,31-,32+,33+,34+,35-,36+,37-,38-,39-,40-,41+,42+,43-,44-,45-,46-,47+,48-,49-,52-,53-,54-,55+,57-,58-,59+,60+,61-/m0/s1. The second kappa shape index (κ2) is 26.0. The van der Waals surface area contributed by atoms with Crippen LogP contribution in [0.4, 0.5) is 0 Å². The van der Waals surface area contributed by atoms with E-state index in [2.05, 4.69) is 26.8 Å². The molecule has 0 bridgehead atoms. The molecule has 30 atom stereocenters. The topological polar surface area (TPSA) is 433 Å². The Morgan fingerprint density at radius 1 is 0.607 bits per heavy atom. The summed E-state index contributed by atoms with van der Waals surface area (Å²) in [6, 6.07) is 0. The average Bonchev–Trinajstić information content (AvgIpc) is 0.669. The SMILES string of the molecule is C/C=C(/C)C(=O)O[C@H]1[C@H](OC(C)=O)[C@]2(CO)[C@H](OC(C)=O)C[C@]3(C)C(=CC[C@@H]4[C@@]5(C)CC[C@H](O[C@@H]6O[C@H](C(=O)O)[C@@H](O)[C@H](O[C@@H]7OC[C@H](O)[C@H](O)[C@@H]7O[C@@H]7OC[C@@H](O)[C@H](O)[C@H]7O)[C@H]6O[C@@H]6O[C@H](CO)[C@H](O)[C@H](O)[C@H]6O)[C@@](C)(CO)[C@@H]5CC[C@]43C)[C@@H]2CC1(C)C. The normalized spacial score (nSPS) is 49.8. The van der Waals surface area contributed by atoms with Crippen LogP contribution in [-0.2, 0) is 71.3 Å². The van der Waals surface area contributed by atoms with Crippen LogP contribution in [0.2, 0.25) is 0 Å². The van der Waals surface area contributed by atoms with Crippen LogP contribution in [0.5, 0.6) is 0 Å². The number of esters is 3. The maximum Gasteiger partial charge on any atom is 0.335 e. The largest absolute Gasteiger partial charge is 0.479 e. The summed E-state index contributed by atoms with van der Waals surface area (Å²) in [6.45, 7) is 14.8. The molecule has 28 nitrogen and oxygen atoms in total. The van der Waals surface area contributed by atoms with Crippen LogP contribution < -0.4 is 0 Å². The van der Waals surface area contributed by atoms with E-state index in [0.29, 0.717) is 37.7 Å². The van der Waals surface area contributed by atoms with E-state index in [1.807, 2.05) is 20.8 Å². The first-order valence-electron chi connectivity index (χ1n) is 30.9. The van der Waals surface area contributed by atoms with Crippen molar-refractivity contribution in [1.29, 1.82) is 0 Å². The number of carbonyl (C=O) groups is 4. The van der Waals surface area contributed by atoms with Gasteiger partial charge in [0.25, 0.3) is 0 Å². The number of carboxylic acids is 1. The Labute approximate surface area is 515 Å². The highest BCUT2D eigenvalue weighted by Gasteiger charge is 2.75. The Bertz CT molecular complexity index is 2640. The molecular formula is C61H94O28. The summed E-state index contributed by atoms with van der Waals surface area (Å²) in [5.41, 5.74) is -4.23. The molecule has 4 aliphatic heterocycles. The Balaban J connectivity index is 1.07. The molecule has 9 aliphatic rings. The maximum atomic E-state index is 13.6. The summed E-state index contributed by atoms with van der Waals surface area (Å²) in [4.78, 5) is 53.5. The number of allylic oxidation sites excluding steroid dienone is 3. The fraction of sp³-hybridized carbons (Fsp3) is 0.869. The second-order valence-corrected chi connectivity index (χ2v) is 28.0. The van der Waals surface area contributed by atoms with Crippen molar-refractivity contribution in [3.63, 3.8) is 0 Å². The third-order valence-corrected chi connectivity index (χ3v) is 22.7. The summed E-state index contributed by atoms with van der Waals surface area (Å²) in [5, 5.41) is 143. The van der Waals surface area contributed by atoms with Crippen LogP contribution in [0.3, 0.4) is 0 Å². The predicted octanol–water partition coefficient (Wildman–Crippen LogP) is -1.65. The van der Waals surface area contributed by atoms with E-state index in [-0.39, 0.29) is 24.7 Å². The van der Waals surface area contributed by atoms with Crippen LogP contribution in [0.1, 0.15) is 114 Å². The quantitative estimate of drug-likeness (QED) is 0.0271. The van der Waals surface area contributed by atoms with Gasteiger partial charge < -0.3 is 118 Å². The molecule has 13 N–H and O–H groups in total. The number of rotatable bonds is 16. The lowest BCUT2D eigenvalue weighted by atomic mass is 9.33. The van der Waals surface area contributed by atoms with Crippen LogP contribution in [0, 0.1) is 50.2 Å². The molecule has 0 aromatic carbocycles. The maximum absolute atomic E-state index is 13.6. The Morgan fingerprint density at radius 2 is 1.22 bits per heavy atom. The number of aliphatic hydroxyl groups excluding tert-OH is 12. The molecule has 0 radical (unpaired) electrons. The van der Waals surface area contributed by atoms with Crippen molar-refractivity contribution < 1.29 is 138 Å². The number of aliphatic hydroxyl groups is 12. The minimum absolute atomic E-state index is 0.155. The van der Waals surface area contributed by atoms with Crippen molar-refractivity contribution in [2.75, 3.05) is 33.0 Å². The summed E-state index contributed by atoms with van der Waals surface area (Å²) in [5.74, 6) is -4.80. The molecule has 0 amide bonds. The Hall–Kier alpha value is -3.44. The molecule has 4 saturated carbocycles. The minimum Gasteiger partial charge on any atom is -0.479 e. The van der Waals surface area contributed by atoms with Crippen LogP contribution in [0.15, 0.2) is 23.3 Å². The Kier molecular flexibility index (Phi) is 20.5. The monoisotopic (exact) mass is 1270 g/mol. The molecule has 5 aliphatic carbocycles. The molecule has 506 valence electrons. The molecule has 0 aromatic rings. The summed E-state index contributed by atoms with van der Waals surface area (Å²) < 4.78 is 67.3. The summed E-state index contributed by atoms with van der Waals surface area (Å²) in [7, 11) is 0. The third kappa shape index (κ3) is 11.8. The van der Waals surface area contributed by atoms with Gasteiger partial charge in [0.05, 0.1) is 44.6 Å². The van der Waals surface area contributed by atoms with Crippen LogP contribution >= 0.6 is 0 Å². The number of aliphatic carboxylic acids is 1. The van der Waals surface area contributed by atoms with Gasteiger partial charge in [0.15, 0.2) is 37.4 Å². The lowest BCUT2D eigenvalue weighted by molar-refractivity contribution is -0.400. The zero-order chi connectivity index (χ0) is 65.6. The van der Waals surface area contributed by atoms with Gasteiger partial charge in [0.2, 0.25) is 0 Å². The van der Waals surface area contributed by atoms with Crippen molar-refractivity contribution in [2.24, 2.45) is 50.2 Å². The number of carboxylic acid groups (broad SMARTS) is 1. The lowest BCUT2D eigenvalue weighted by Crippen LogP contribution is -2.73. The number of carbonyl (C=O) groups excluding carboxylic acids is 3. The van der Waals surface area contributed by atoms with Crippen molar-refractivity contribution in [1.82, 2.24) is 0 Å². The predicted molar refractivity (Wildman–Crippen MR) is 299 cm³/mol. The molecule has 9 rings (SSSR count). The fourth-order valence-corrected chi connectivity index (χ4v) is 17.5. The van der Waals surface area contributed by atoms with E-state index in [9.17, 15) is 85.6 Å². The van der Waals surface area contributed by atoms with Gasteiger partial charge in [0.1, 0.15) is 91.6 Å². The zero-order valence-corrected chi connectivity index (χ0v) is 52.0. The highest BCUT2D eigenvalue weighted by atomic mass is 16.8. The third-order valence-electron chi connectivity index (χ3n) is 22.7. The van der Waals surface area contributed by atoms with Crippen molar-refractivity contribution in [3.05, 3.63) is 23.3 Å². The first-order chi connectivity index (χ1) is 41.6. The highest BCUT2D eigenvalue weighted by molar-refractivity contribution is 5.87. The molecule has 0 spiro atoms. The van der Waals surface area contributed by atoms with Gasteiger partial charge >= 0.3 is 23.9 Å². The lowest BCUT2D eigenvalue weighted by Gasteiger charge is -2.72. The minimum atomic E-state index is -2.27. The number of hydrogen-bond acceptors (Lipinski definition) is 27. The van der Waals surface area contributed by atoms with Gasteiger partial charge in [0, 0.05) is 30.3 Å². The van der Waals surface area contributed by atoms with E-state index in [1.54, 1.807) is 19.9 Å². The zero-order valence-electron chi connectivity index (χ0n) is 52.0.